The molecule has 0 amide bonds. The molecule has 2 aromatic rings. The van der Waals surface area contributed by atoms with E-state index in [0.29, 0.717) is 30.4 Å². The molecule has 0 radical (unpaired) electrons. The van der Waals surface area contributed by atoms with E-state index in [4.69, 9.17) is 4.74 Å². The molecule has 0 unspecified atom stereocenters. The summed E-state index contributed by atoms with van der Waals surface area (Å²) in [7, 11) is 1.53. The molecule has 2 heterocycles. The molecule has 0 aromatic carbocycles. The highest BCUT2D eigenvalue weighted by Gasteiger charge is 2.35. The normalized spacial score (nSPS) is 17.7. The molecule has 0 bridgehead atoms. The van der Waals surface area contributed by atoms with Crippen molar-refractivity contribution >= 4 is 5.82 Å². The smallest absolute Gasteiger partial charge is 0.252 e. The summed E-state index contributed by atoms with van der Waals surface area (Å²) in [5.41, 5.74) is 1.79. The number of aromatic nitrogens is 4. The van der Waals surface area contributed by atoms with Gasteiger partial charge in [-0.1, -0.05) is 0 Å². The van der Waals surface area contributed by atoms with Crippen LogP contribution in [0.15, 0.2) is 12.3 Å². The lowest BCUT2D eigenvalue weighted by Gasteiger charge is -2.29. The van der Waals surface area contributed by atoms with Gasteiger partial charge in [0, 0.05) is 24.6 Å². The lowest BCUT2D eigenvalue weighted by molar-refractivity contribution is -0.0361. The van der Waals surface area contributed by atoms with Crippen LogP contribution in [0.4, 0.5) is 14.6 Å². The van der Waals surface area contributed by atoms with Gasteiger partial charge in [-0.3, -0.25) is 0 Å². The standard InChI is InChI=1S/C16H21F2N5O/c1-10-8-11(2)23(22-10)15-19-9-13(24-3)14(21-15)20-12-4-6-16(17,18)7-5-12/h8-9,12H,4-7H2,1-3H3,(H,19,20,21). The fourth-order valence-electron chi connectivity index (χ4n) is 2.93. The quantitative estimate of drug-likeness (QED) is 0.927. The molecule has 1 fully saturated rings. The number of rotatable bonds is 4. The molecule has 0 saturated heterocycles. The Morgan fingerprint density at radius 3 is 2.58 bits per heavy atom. The van der Waals surface area contributed by atoms with Gasteiger partial charge in [0.25, 0.3) is 5.95 Å². The second-order valence-corrected chi connectivity index (χ2v) is 6.20. The third-order valence-electron chi connectivity index (χ3n) is 4.22. The van der Waals surface area contributed by atoms with E-state index in [2.05, 4.69) is 20.4 Å². The van der Waals surface area contributed by atoms with Crippen molar-refractivity contribution in [3.05, 3.63) is 23.7 Å². The van der Waals surface area contributed by atoms with Gasteiger partial charge in [-0.15, -0.1) is 0 Å². The summed E-state index contributed by atoms with van der Waals surface area (Å²) >= 11 is 0. The zero-order chi connectivity index (χ0) is 17.3. The summed E-state index contributed by atoms with van der Waals surface area (Å²) in [6, 6.07) is 1.88. The van der Waals surface area contributed by atoms with Crippen molar-refractivity contribution in [3.8, 4) is 11.7 Å². The predicted octanol–water partition coefficient (Wildman–Crippen LogP) is 3.28. The topological polar surface area (TPSA) is 64.9 Å². The zero-order valence-corrected chi connectivity index (χ0v) is 14.0. The Morgan fingerprint density at radius 2 is 2.00 bits per heavy atom. The molecule has 1 aliphatic carbocycles. The van der Waals surface area contributed by atoms with Crippen LogP contribution in [0.3, 0.4) is 0 Å². The number of nitrogens with one attached hydrogen (secondary N) is 1. The maximum Gasteiger partial charge on any atom is 0.252 e. The van der Waals surface area contributed by atoms with Crippen molar-refractivity contribution in [2.45, 2.75) is 51.5 Å². The van der Waals surface area contributed by atoms with Gasteiger partial charge in [-0.05, 0) is 32.8 Å². The SMILES string of the molecule is COc1cnc(-n2nc(C)cc2C)nc1NC1CCC(F)(F)CC1. The third kappa shape index (κ3) is 3.47. The van der Waals surface area contributed by atoms with Crippen molar-refractivity contribution in [1.29, 1.82) is 0 Å². The minimum Gasteiger partial charge on any atom is -0.491 e. The van der Waals surface area contributed by atoms with Crippen LogP contribution in [0.5, 0.6) is 5.75 Å². The van der Waals surface area contributed by atoms with Crippen LogP contribution in [0.2, 0.25) is 0 Å². The minimum atomic E-state index is -2.55. The molecule has 8 heteroatoms. The summed E-state index contributed by atoms with van der Waals surface area (Å²) in [5.74, 6) is -1.14. The Morgan fingerprint density at radius 1 is 1.29 bits per heavy atom. The zero-order valence-electron chi connectivity index (χ0n) is 14.0. The first-order chi connectivity index (χ1) is 11.4. The van der Waals surface area contributed by atoms with E-state index in [1.807, 2.05) is 19.9 Å². The molecule has 2 aromatic heterocycles. The second kappa shape index (κ2) is 6.33. The van der Waals surface area contributed by atoms with Gasteiger partial charge in [-0.2, -0.15) is 10.1 Å². The molecule has 6 nitrogen and oxygen atoms in total. The highest BCUT2D eigenvalue weighted by Crippen LogP contribution is 2.35. The van der Waals surface area contributed by atoms with E-state index in [1.165, 1.54) is 7.11 Å². The minimum absolute atomic E-state index is 0.0540. The summed E-state index contributed by atoms with van der Waals surface area (Å²) in [6.07, 6.45) is 2.15. The molecule has 3 rings (SSSR count). The number of hydrogen-bond acceptors (Lipinski definition) is 5. The van der Waals surface area contributed by atoms with Crippen molar-refractivity contribution < 1.29 is 13.5 Å². The highest BCUT2D eigenvalue weighted by atomic mass is 19.3. The van der Waals surface area contributed by atoms with Crippen LogP contribution in [-0.2, 0) is 0 Å². The third-order valence-corrected chi connectivity index (χ3v) is 4.22. The van der Waals surface area contributed by atoms with Crippen LogP contribution in [-0.4, -0.2) is 38.8 Å². The first kappa shape index (κ1) is 16.6. The summed E-state index contributed by atoms with van der Waals surface area (Å²) in [5, 5.41) is 7.59. The average molecular weight is 337 g/mol. The predicted molar refractivity (Wildman–Crippen MR) is 86.0 cm³/mol. The van der Waals surface area contributed by atoms with E-state index >= 15 is 0 Å². The van der Waals surface area contributed by atoms with Gasteiger partial charge >= 0.3 is 0 Å². The molecule has 24 heavy (non-hydrogen) atoms. The van der Waals surface area contributed by atoms with Crippen molar-refractivity contribution in [2.24, 2.45) is 0 Å². The van der Waals surface area contributed by atoms with E-state index < -0.39 is 5.92 Å². The molecule has 0 spiro atoms. The molecule has 1 saturated carbocycles. The van der Waals surface area contributed by atoms with E-state index in [9.17, 15) is 8.78 Å². The van der Waals surface area contributed by atoms with Gasteiger partial charge < -0.3 is 10.1 Å². The van der Waals surface area contributed by atoms with Crippen LogP contribution in [0.25, 0.3) is 5.95 Å². The number of aryl methyl sites for hydroxylation is 2. The largest absolute Gasteiger partial charge is 0.491 e. The van der Waals surface area contributed by atoms with Gasteiger partial charge in [0.05, 0.1) is 19.0 Å². The number of methoxy groups -OCH3 is 1. The van der Waals surface area contributed by atoms with Crippen LogP contribution in [0.1, 0.15) is 37.1 Å². The Balaban J connectivity index is 1.84. The Kier molecular flexibility index (Phi) is 4.38. The molecule has 1 aliphatic rings. The molecule has 130 valence electrons. The van der Waals surface area contributed by atoms with Crippen molar-refractivity contribution in [3.63, 3.8) is 0 Å². The van der Waals surface area contributed by atoms with Gasteiger partial charge in [0.1, 0.15) is 0 Å². The molecule has 0 aliphatic heterocycles. The van der Waals surface area contributed by atoms with Crippen molar-refractivity contribution in [2.75, 3.05) is 12.4 Å². The molecule has 0 atom stereocenters. The van der Waals surface area contributed by atoms with E-state index in [0.717, 1.165) is 11.4 Å². The van der Waals surface area contributed by atoms with Crippen LogP contribution >= 0.6 is 0 Å². The van der Waals surface area contributed by atoms with Gasteiger partial charge in [0.2, 0.25) is 5.92 Å². The molecular formula is C16H21F2N5O. The Hall–Kier alpha value is -2.25. The number of nitrogens with zero attached hydrogens (tertiary/aromatic N) is 4. The van der Waals surface area contributed by atoms with E-state index in [1.54, 1.807) is 10.9 Å². The van der Waals surface area contributed by atoms with Crippen LogP contribution in [0, 0.1) is 13.8 Å². The summed E-state index contributed by atoms with van der Waals surface area (Å²) < 4.78 is 33.5. The Labute approximate surface area is 139 Å². The molecular weight excluding hydrogens is 316 g/mol. The molecule has 1 N–H and O–H groups in total. The summed E-state index contributed by atoms with van der Waals surface area (Å²) in [6.45, 7) is 3.82. The highest BCUT2D eigenvalue weighted by molar-refractivity contribution is 5.51. The first-order valence-corrected chi connectivity index (χ1v) is 7.97. The Bertz CT molecular complexity index is 721. The monoisotopic (exact) mass is 337 g/mol. The van der Waals surface area contributed by atoms with Crippen LogP contribution < -0.4 is 10.1 Å². The lowest BCUT2D eigenvalue weighted by atomic mass is 9.92. The number of hydrogen-bond donors (Lipinski definition) is 1. The number of alkyl halides is 2. The summed E-state index contributed by atoms with van der Waals surface area (Å²) in [4.78, 5) is 8.76. The van der Waals surface area contributed by atoms with Gasteiger partial charge in [-0.25, -0.2) is 18.4 Å². The number of halogens is 2. The second-order valence-electron chi connectivity index (χ2n) is 6.20. The average Bonchev–Trinajstić information content (AvgIpc) is 2.88. The fraction of sp³-hybridized carbons (Fsp3) is 0.562. The maximum atomic E-state index is 13.3. The fourth-order valence-corrected chi connectivity index (χ4v) is 2.93. The number of anilines is 1. The van der Waals surface area contributed by atoms with Gasteiger partial charge in [0.15, 0.2) is 11.6 Å². The maximum absolute atomic E-state index is 13.3. The number of ether oxygens (including phenoxy) is 1. The van der Waals surface area contributed by atoms with E-state index in [-0.39, 0.29) is 18.9 Å². The van der Waals surface area contributed by atoms with Crippen molar-refractivity contribution in [1.82, 2.24) is 19.7 Å². The first-order valence-electron chi connectivity index (χ1n) is 7.97. The lowest BCUT2D eigenvalue weighted by Crippen LogP contribution is -2.32.